The number of methoxy groups -OCH3 is 1. The van der Waals surface area contributed by atoms with Crippen molar-refractivity contribution in [1.82, 2.24) is 4.72 Å². The van der Waals surface area contributed by atoms with E-state index in [0.29, 0.717) is 16.7 Å². The first kappa shape index (κ1) is 18.8. The third kappa shape index (κ3) is 4.10. The molecular weight excluding hydrogens is 360 g/mol. The summed E-state index contributed by atoms with van der Waals surface area (Å²) in [7, 11) is -2.75. The molecule has 0 radical (unpaired) electrons. The quantitative estimate of drug-likeness (QED) is 0.841. The summed E-state index contributed by atoms with van der Waals surface area (Å²) >= 11 is 5.95. The summed E-state index contributed by atoms with van der Waals surface area (Å²) in [4.78, 5) is -0.631. The van der Waals surface area contributed by atoms with E-state index in [2.05, 4.69) is 4.72 Å². The van der Waals surface area contributed by atoms with Crippen molar-refractivity contribution in [3.63, 3.8) is 0 Å². The van der Waals surface area contributed by atoms with E-state index in [9.17, 15) is 17.2 Å². The van der Waals surface area contributed by atoms with Crippen molar-refractivity contribution in [2.75, 3.05) is 13.7 Å². The first-order chi connectivity index (χ1) is 11.2. The number of nitrogens with one attached hydrogen (secondary N) is 1. The zero-order valence-corrected chi connectivity index (χ0v) is 14.6. The molecule has 1 atom stereocenters. The second kappa shape index (κ2) is 7.14. The Kier molecular flexibility index (Phi) is 5.59. The van der Waals surface area contributed by atoms with E-state index >= 15 is 0 Å². The SMILES string of the molecule is COC(C)(CNS(=O)(=O)c1ccc(F)cc1F)c1cccc(Cl)c1. The second-order valence-corrected chi connectivity index (χ2v) is 7.52. The van der Waals surface area contributed by atoms with Gasteiger partial charge in [-0.05, 0) is 36.8 Å². The first-order valence-electron chi connectivity index (χ1n) is 6.94. The van der Waals surface area contributed by atoms with Crippen molar-refractivity contribution in [2.24, 2.45) is 0 Å². The van der Waals surface area contributed by atoms with Crippen LogP contribution >= 0.6 is 11.6 Å². The first-order valence-corrected chi connectivity index (χ1v) is 8.80. The Bertz CT molecular complexity index is 845. The fraction of sp³-hybridized carbons (Fsp3) is 0.250. The highest BCUT2D eigenvalue weighted by atomic mass is 35.5. The summed E-state index contributed by atoms with van der Waals surface area (Å²) < 4.78 is 58.9. The van der Waals surface area contributed by atoms with E-state index in [1.165, 1.54) is 7.11 Å². The summed E-state index contributed by atoms with van der Waals surface area (Å²) in [5.41, 5.74) is -0.367. The summed E-state index contributed by atoms with van der Waals surface area (Å²) in [6.07, 6.45) is 0. The summed E-state index contributed by atoms with van der Waals surface area (Å²) in [6.45, 7) is 1.51. The van der Waals surface area contributed by atoms with Crippen LogP contribution in [0.1, 0.15) is 12.5 Å². The predicted octanol–water partition coefficient (Wildman–Crippen LogP) is 3.46. The van der Waals surface area contributed by atoms with Crippen molar-refractivity contribution >= 4 is 21.6 Å². The van der Waals surface area contributed by atoms with Gasteiger partial charge in [-0.3, -0.25) is 0 Å². The Morgan fingerprint density at radius 1 is 1.21 bits per heavy atom. The second-order valence-electron chi connectivity index (χ2n) is 5.34. The Morgan fingerprint density at radius 3 is 2.50 bits per heavy atom. The number of halogens is 3. The molecule has 2 rings (SSSR count). The molecule has 0 saturated carbocycles. The molecule has 0 spiro atoms. The lowest BCUT2D eigenvalue weighted by Crippen LogP contribution is -2.40. The van der Waals surface area contributed by atoms with Crippen LogP contribution in [0, 0.1) is 11.6 Å². The lowest BCUT2D eigenvalue weighted by molar-refractivity contribution is 0.00698. The zero-order chi connectivity index (χ0) is 18.0. The van der Waals surface area contributed by atoms with E-state index in [0.717, 1.165) is 12.1 Å². The van der Waals surface area contributed by atoms with Gasteiger partial charge in [0, 0.05) is 24.7 Å². The van der Waals surface area contributed by atoms with Crippen LogP contribution in [-0.4, -0.2) is 22.1 Å². The number of hydrogen-bond donors (Lipinski definition) is 1. The molecule has 0 heterocycles. The third-order valence-electron chi connectivity index (χ3n) is 3.67. The maximum Gasteiger partial charge on any atom is 0.243 e. The predicted molar refractivity (Wildman–Crippen MR) is 87.4 cm³/mol. The van der Waals surface area contributed by atoms with Crippen LogP contribution in [0.25, 0.3) is 0 Å². The summed E-state index contributed by atoms with van der Waals surface area (Å²) in [5.74, 6) is -2.02. The van der Waals surface area contributed by atoms with Crippen LogP contribution in [0.3, 0.4) is 0 Å². The Labute approximate surface area is 144 Å². The molecule has 4 nitrogen and oxygen atoms in total. The normalized spacial score (nSPS) is 14.4. The van der Waals surface area contributed by atoms with Gasteiger partial charge in [-0.15, -0.1) is 0 Å². The number of rotatable bonds is 6. The molecule has 0 saturated heterocycles. The number of sulfonamides is 1. The molecule has 0 aliphatic heterocycles. The summed E-state index contributed by atoms with van der Waals surface area (Å²) in [5, 5.41) is 0.475. The molecule has 1 N–H and O–H groups in total. The number of benzene rings is 2. The van der Waals surface area contributed by atoms with Crippen LogP contribution in [0.4, 0.5) is 8.78 Å². The van der Waals surface area contributed by atoms with E-state index < -0.39 is 32.2 Å². The molecule has 0 aliphatic rings. The third-order valence-corrected chi connectivity index (χ3v) is 5.34. The van der Waals surface area contributed by atoms with Crippen LogP contribution < -0.4 is 4.72 Å². The van der Waals surface area contributed by atoms with Gasteiger partial charge in [0.2, 0.25) is 10.0 Å². The lowest BCUT2D eigenvalue weighted by atomic mass is 9.96. The molecule has 2 aromatic carbocycles. The molecule has 0 aliphatic carbocycles. The smallest absolute Gasteiger partial charge is 0.243 e. The van der Waals surface area contributed by atoms with Crippen LogP contribution in [0.15, 0.2) is 47.4 Å². The van der Waals surface area contributed by atoms with E-state index in [-0.39, 0.29) is 6.54 Å². The van der Waals surface area contributed by atoms with Gasteiger partial charge >= 0.3 is 0 Å². The molecule has 2 aromatic rings. The average Bonchev–Trinajstić information content (AvgIpc) is 2.52. The highest BCUT2D eigenvalue weighted by molar-refractivity contribution is 7.89. The molecule has 0 bridgehead atoms. The molecule has 0 amide bonds. The molecule has 130 valence electrons. The minimum Gasteiger partial charge on any atom is -0.372 e. The molecule has 24 heavy (non-hydrogen) atoms. The lowest BCUT2D eigenvalue weighted by Gasteiger charge is -2.29. The van der Waals surface area contributed by atoms with Crippen molar-refractivity contribution < 1.29 is 21.9 Å². The minimum absolute atomic E-state index is 0.164. The Balaban J connectivity index is 2.26. The van der Waals surface area contributed by atoms with Crippen molar-refractivity contribution in [1.29, 1.82) is 0 Å². The largest absolute Gasteiger partial charge is 0.372 e. The number of ether oxygens (including phenoxy) is 1. The van der Waals surface area contributed by atoms with Gasteiger partial charge in [-0.1, -0.05) is 23.7 Å². The van der Waals surface area contributed by atoms with Crippen molar-refractivity contribution in [3.8, 4) is 0 Å². The van der Waals surface area contributed by atoms with E-state index in [1.807, 2.05) is 0 Å². The topological polar surface area (TPSA) is 55.4 Å². The van der Waals surface area contributed by atoms with Gasteiger partial charge in [0.1, 0.15) is 22.1 Å². The Hall–Kier alpha value is -1.54. The molecule has 8 heteroatoms. The van der Waals surface area contributed by atoms with Gasteiger partial charge in [0.05, 0.1) is 0 Å². The fourth-order valence-corrected chi connectivity index (χ4v) is 3.49. The maximum atomic E-state index is 13.7. The van der Waals surface area contributed by atoms with Crippen molar-refractivity contribution in [2.45, 2.75) is 17.4 Å². The molecule has 0 aromatic heterocycles. The Morgan fingerprint density at radius 2 is 1.92 bits per heavy atom. The summed E-state index contributed by atoms with van der Waals surface area (Å²) in [6, 6.07) is 9.05. The van der Waals surface area contributed by atoms with Crippen LogP contribution in [0.2, 0.25) is 5.02 Å². The van der Waals surface area contributed by atoms with Gasteiger partial charge in [0.25, 0.3) is 0 Å². The van der Waals surface area contributed by atoms with Crippen molar-refractivity contribution in [3.05, 3.63) is 64.7 Å². The highest BCUT2D eigenvalue weighted by Gasteiger charge is 2.30. The molecule has 1 unspecified atom stereocenters. The van der Waals surface area contributed by atoms with Gasteiger partial charge in [-0.2, -0.15) is 0 Å². The average molecular weight is 376 g/mol. The van der Waals surface area contributed by atoms with E-state index in [4.69, 9.17) is 16.3 Å². The van der Waals surface area contributed by atoms with Crippen LogP contribution in [-0.2, 0) is 20.4 Å². The molecule has 0 fully saturated rings. The standard InChI is InChI=1S/C16H16ClF2NO3S/c1-16(23-2,11-4-3-5-12(17)8-11)10-20-24(21,22)15-7-6-13(18)9-14(15)19/h3-9,20H,10H2,1-2H3. The van der Waals surface area contributed by atoms with E-state index in [1.54, 1.807) is 31.2 Å². The van der Waals surface area contributed by atoms with Gasteiger partial charge in [0.15, 0.2) is 0 Å². The molecular formula is C16H16ClF2NO3S. The van der Waals surface area contributed by atoms with Crippen LogP contribution in [0.5, 0.6) is 0 Å². The monoisotopic (exact) mass is 375 g/mol. The number of hydrogen-bond acceptors (Lipinski definition) is 3. The van der Waals surface area contributed by atoms with Gasteiger partial charge in [-0.25, -0.2) is 21.9 Å². The fourth-order valence-electron chi connectivity index (χ4n) is 2.11. The zero-order valence-electron chi connectivity index (χ0n) is 13.0. The van der Waals surface area contributed by atoms with Gasteiger partial charge < -0.3 is 4.74 Å². The maximum absolute atomic E-state index is 13.7. The highest BCUT2D eigenvalue weighted by Crippen LogP contribution is 2.27. The minimum atomic E-state index is -4.17.